The van der Waals surface area contributed by atoms with Crippen LogP contribution in [0.4, 0.5) is 18.3 Å². The first-order chi connectivity index (χ1) is 21.9. The molecule has 0 spiro atoms. The molecule has 2 fully saturated rings. The van der Waals surface area contributed by atoms with Gasteiger partial charge in [0.05, 0.1) is 32.0 Å². The molecule has 3 atom stereocenters. The Kier molecular flexibility index (Phi) is 10.5. The van der Waals surface area contributed by atoms with Crippen LogP contribution in [0, 0.1) is 5.92 Å². The number of halogens is 3. The number of piperidine rings is 1. The minimum Gasteiger partial charge on any atom is -0.369 e. The van der Waals surface area contributed by atoms with Crippen LogP contribution in [0.25, 0.3) is 0 Å². The molecule has 0 bridgehead atoms. The molecule has 0 aliphatic carbocycles. The monoisotopic (exact) mass is 637 g/mol. The molecular weight excluding hydrogens is 599 g/mol. The van der Waals surface area contributed by atoms with E-state index in [4.69, 9.17) is 14.2 Å². The second-order valence-corrected chi connectivity index (χ2v) is 12.6. The van der Waals surface area contributed by atoms with Crippen LogP contribution in [0.2, 0.25) is 0 Å². The van der Waals surface area contributed by atoms with Gasteiger partial charge in [-0.3, -0.25) is 4.90 Å². The van der Waals surface area contributed by atoms with Gasteiger partial charge in [-0.25, -0.2) is 4.98 Å². The fourth-order valence-corrected chi connectivity index (χ4v) is 6.94. The second-order valence-electron chi connectivity index (χ2n) is 11.8. The summed E-state index contributed by atoms with van der Waals surface area (Å²) in [5, 5.41) is 1.54. The topological polar surface area (TPSA) is 47.1 Å². The Morgan fingerprint density at radius 3 is 1.71 bits per heavy atom. The van der Waals surface area contributed by atoms with Crippen molar-refractivity contribution in [2.45, 2.75) is 50.7 Å². The van der Waals surface area contributed by atoms with Crippen molar-refractivity contribution in [3.8, 4) is 0 Å². The molecule has 3 heterocycles. The molecule has 0 radical (unpaired) electrons. The van der Waals surface area contributed by atoms with Gasteiger partial charge in [0.2, 0.25) is 0 Å². The Labute approximate surface area is 266 Å². The predicted molar refractivity (Wildman–Crippen MR) is 169 cm³/mol. The SMILES string of the molecule is FC(F)(F)c1csc(N2CC[C@@H](CN3C[C@H](OCc4ccccc4)C(OCc4ccccc4)[C@@H](OCc4ccccc4)C3)C2)n1. The number of likely N-dealkylation sites (tertiary alicyclic amines) is 1. The smallest absolute Gasteiger partial charge is 0.369 e. The van der Waals surface area contributed by atoms with E-state index in [2.05, 4.69) is 46.3 Å². The number of aromatic nitrogens is 1. The van der Waals surface area contributed by atoms with Crippen LogP contribution >= 0.6 is 11.3 Å². The van der Waals surface area contributed by atoms with Crippen LogP contribution in [0.3, 0.4) is 0 Å². The largest absolute Gasteiger partial charge is 0.434 e. The molecule has 2 saturated heterocycles. The molecule has 10 heteroatoms. The number of benzene rings is 3. The van der Waals surface area contributed by atoms with Crippen molar-refractivity contribution in [1.29, 1.82) is 0 Å². The van der Waals surface area contributed by atoms with Gasteiger partial charge in [-0.1, -0.05) is 91.0 Å². The molecule has 0 unspecified atom stereocenters. The van der Waals surface area contributed by atoms with E-state index in [0.717, 1.165) is 46.4 Å². The van der Waals surface area contributed by atoms with Crippen molar-refractivity contribution >= 4 is 16.5 Å². The van der Waals surface area contributed by atoms with E-state index in [1.165, 1.54) is 0 Å². The van der Waals surface area contributed by atoms with E-state index in [1.807, 2.05) is 59.5 Å². The predicted octanol–water partition coefficient (Wildman–Crippen LogP) is 7.06. The van der Waals surface area contributed by atoms with Gasteiger partial charge in [0.15, 0.2) is 10.8 Å². The number of nitrogens with zero attached hydrogens (tertiary/aromatic N) is 3. The Bertz CT molecular complexity index is 1410. The first-order valence-electron chi connectivity index (χ1n) is 15.4. The third-order valence-corrected chi connectivity index (χ3v) is 9.26. The molecule has 45 heavy (non-hydrogen) atoms. The van der Waals surface area contributed by atoms with Gasteiger partial charge in [0.1, 0.15) is 6.10 Å². The third-order valence-electron chi connectivity index (χ3n) is 8.36. The lowest BCUT2D eigenvalue weighted by Gasteiger charge is -2.43. The van der Waals surface area contributed by atoms with Gasteiger partial charge in [0, 0.05) is 38.1 Å². The highest BCUT2D eigenvalue weighted by Crippen LogP contribution is 2.35. The number of thiazole rings is 1. The zero-order valence-electron chi connectivity index (χ0n) is 25.0. The van der Waals surface area contributed by atoms with E-state index in [0.29, 0.717) is 51.1 Å². The van der Waals surface area contributed by atoms with Crippen LogP contribution < -0.4 is 4.90 Å². The van der Waals surface area contributed by atoms with Gasteiger partial charge in [-0.15, -0.1) is 11.3 Å². The number of hydrogen-bond donors (Lipinski definition) is 0. The maximum Gasteiger partial charge on any atom is 0.434 e. The van der Waals surface area contributed by atoms with Gasteiger partial charge in [-0.05, 0) is 29.0 Å². The van der Waals surface area contributed by atoms with Gasteiger partial charge in [0.25, 0.3) is 0 Å². The highest BCUT2D eigenvalue weighted by atomic mass is 32.1. The van der Waals surface area contributed by atoms with Crippen molar-refractivity contribution in [2.75, 3.05) is 37.6 Å². The lowest BCUT2D eigenvalue weighted by atomic mass is 9.98. The fourth-order valence-electron chi connectivity index (χ4n) is 6.07. The standard InChI is InChI=1S/C35H38F3N3O3S/c36-35(37,38)32-25-45-34(39-32)41-17-16-29(19-41)18-40-20-30(42-22-26-10-4-1-5-11-26)33(44-24-28-14-8-3-9-15-28)31(21-40)43-23-27-12-6-2-7-13-27/h1-15,25,29-31,33H,16-24H2/t29-,30-,31-/m0/s1. The number of rotatable bonds is 12. The van der Waals surface area contributed by atoms with Crippen molar-refractivity contribution in [3.05, 3.63) is 119 Å². The lowest BCUT2D eigenvalue weighted by molar-refractivity contribution is -0.185. The van der Waals surface area contributed by atoms with Crippen LogP contribution in [0.1, 0.15) is 28.8 Å². The minimum absolute atomic E-state index is 0.241. The van der Waals surface area contributed by atoms with Crippen LogP contribution in [-0.2, 0) is 40.2 Å². The molecule has 0 amide bonds. The molecule has 238 valence electrons. The Balaban J connectivity index is 1.17. The van der Waals surface area contributed by atoms with Crippen molar-refractivity contribution in [1.82, 2.24) is 9.88 Å². The number of alkyl halides is 3. The van der Waals surface area contributed by atoms with Gasteiger partial charge >= 0.3 is 6.18 Å². The molecule has 0 saturated carbocycles. The minimum atomic E-state index is -4.43. The van der Waals surface area contributed by atoms with Crippen molar-refractivity contribution in [2.24, 2.45) is 5.92 Å². The summed E-state index contributed by atoms with van der Waals surface area (Å²) in [7, 11) is 0. The van der Waals surface area contributed by atoms with Crippen LogP contribution in [0.15, 0.2) is 96.4 Å². The maximum absolute atomic E-state index is 13.2. The molecule has 2 aliphatic rings. The summed E-state index contributed by atoms with van der Waals surface area (Å²) in [6.07, 6.45) is -4.31. The quantitative estimate of drug-likeness (QED) is 0.166. The Morgan fingerprint density at radius 2 is 1.22 bits per heavy atom. The summed E-state index contributed by atoms with van der Waals surface area (Å²) in [6, 6.07) is 30.4. The lowest BCUT2D eigenvalue weighted by Crippen LogP contribution is -2.58. The Morgan fingerprint density at radius 1 is 0.711 bits per heavy atom. The number of anilines is 1. The van der Waals surface area contributed by atoms with E-state index in [9.17, 15) is 13.2 Å². The van der Waals surface area contributed by atoms with E-state index >= 15 is 0 Å². The molecule has 0 N–H and O–H groups in total. The maximum atomic E-state index is 13.2. The van der Waals surface area contributed by atoms with Crippen molar-refractivity contribution in [3.63, 3.8) is 0 Å². The second kappa shape index (κ2) is 14.9. The van der Waals surface area contributed by atoms with Crippen molar-refractivity contribution < 1.29 is 27.4 Å². The summed E-state index contributed by atoms with van der Waals surface area (Å²) in [5.74, 6) is 0.287. The molecule has 4 aromatic rings. The molecule has 1 aromatic heterocycles. The highest BCUT2D eigenvalue weighted by Gasteiger charge is 2.41. The molecule has 2 aliphatic heterocycles. The summed E-state index contributed by atoms with van der Waals surface area (Å²) in [4.78, 5) is 8.24. The van der Waals surface area contributed by atoms with Crippen LogP contribution in [-0.4, -0.2) is 60.9 Å². The summed E-state index contributed by atoms with van der Waals surface area (Å²) in [5.41, 5.74) is 2.45. The average molecular weight is 638 g/mol. The number of ether oxygens (including phenoxy) is 3. The number of hydrogen-bond acceptors (Lipinski definition) is 7. The Hall–Kier alpha value is -3.28. The molecular formula is C35H38F3N3O3S. The van der Waals surface area contributed by atoms with E-state index < -0.39 is 11.9 Å². The molecule has 6 rings (SSSR count). The normalized spacial score (nSPS) is 21.4. The average Bonchev–Trinajstić information content (AvgIpc) is 3.74. The van der Waals surface area contributed by atoms with Gasteiger partial charge < -0.3 is 19.1 Å². The van der Waals surface area contributed by atoms with Gasteiger partial charge in [-0.2, -0.15) is 13.2 Å². The van der Waals surface area contributed by atoms with E-state index in [-0.39, 0.29) is 24.2 Å². The third kappa shape index (κ3) is 8.71. The highest BCUT2D eigenvalue weighted by molar-refractivity contribution is 7.13. The summed E-state index contributed by atoms with van der Waals surface area (Å²) >= 11 is 1.06. The fraction of sp³-hybridized carbons (Fsp3) is 0.400. The summed E-state index contributed by atoms with van der Waals surface area (Å²) in [6.45, 7) is 4.85. The summed E-state index contributed by atoms with van der Waals surface area (Å²) < 4.78 is 59.3. The van der Waals surface area contributed by atoms with E-state index in [1.54, 1.807) is 0 Å². The first-order valence-corrected chi connectivity index (χ1v) is 16.3. The first kappa shape index (κ1) is 31.7. The molecule has 3 aromatic carbocycles. The molecule has 6 nitrogen and oxygen atoms in total. The zero-order chi connectivity index (χ0) is 31.1. The van der Waals surface area contributed by atoms with Crippen LogP contribution in [0.5, 0.6) is 0 Å². The zero-order valence-corrected chi connectivity index (χ0v) is 25.8.